The number of hydrogen-bond donors (Lipinski definition) is 0. The zero-order valence-electron chi connectivity index (χ0n) is 17.5. The number of aryl methyl sites for hydroxylation is 1. The van der Waals surface area contributed by atoms with Crippen LogP contribution in [0.25, 0.3) is 0 Å². The molecule has 0 aliphatic rings. The molecule has 0 N–H and O–H groups in total. The third-order valence-electron chi connectivity index (χ3n) is 4.71. The van der Waals surface area contributed by atoms with Gasteiger partial charge in [-0.25, -0.2) is 9.97 Å². The fourth-order valence-electron chi connectivity index (χ4n) is 2.96. The van der Waals surface area contributed by atoms with Crippen LogP contribution in [0.2, 0.25) is 0 Å². The Bertz CT molecular complexity index is 711. The highest BCUT2D eigenvalue weighted by Gasteiger charge is 1.97. The summed E-state index contributed by atoms with van der Waals surface area (Å²) in [5.41, 5.74) is 2.14. The minimum absolute atomic E-state index is 0.576. The molecule has 150 valence electrons. The number of benzene rings is 1. The predicted molar refractivity (Wildman–Crippen MR) is 117 cm³/mol. The molecule has 0 aliphatic carbocycles. The molecule has 0 aliphatic heterocycles. The fraction of sp³-hybridized carbons (Fsp3) is 0.520. The molecule has 2 aromatic rings. The minimum atomic E-state index is 0.576. The number of rotatable bonds is 12. The van der Waals surface area contributed by atoms with Crippen LogP contribution < -0.4 is 4.74 Å². The number of ether oxygens (including phenoxy) is 1. The van der Waals surface area contributed by atoms with Crippen LogP contribution >= 0.6 is 0 Å². The van der Waals surface area contributed by atoms with Crippen LogP contribution in [-0.4, -0.2) is 16.6 Å². The molecule has 0 spiro atoms. The van der Waals surface area contributed by atoms with Crippen LogP contribution in [0, 0.1) is 11.8 Å². The Hall–Kier alpha value is -2.34. The molecule has 1 aromatic carbocycles. The number of aromatic nitrogens is 2. The first-order chi connectivity index (χ1) is 13.8. The topological polar surface area (TPSA) is 35.0 Å². The van der Waals surface area contributed by atoms with Gasteiger partial charge in [0.1, 0.15) is 5.75 Å². The van der Waals surface area contributed by atoms with E-state index in [0.29, 0.717) is 5.82 Å². The maximum absolute atomic E-state index is 5.73. The van der Waals surface area contributed by atoms with Gasteiger partial charge in [-0.3, -0.25) is 0 Å². The summed E-state index contributed by atoms with van der Waals surface area (Å²) >= 11 is 0. The second-order valence-corrected chi connectivity index (χ2v) is 7.26. The smallest absolute Gasteiger partial charge is 0.205 e. The molecule has 0 saturated carbocycles. The van der Waals surface area contributed by atoms with E-state index in [2.05, 4.69) is 35.7 Å². The molecule has 2 rings (SSSR count). The molecular formula is C25H34N2O. The van der Waals surface area contributed by atoms with Gasteiger partial charge in [0, 0.05) is 18.0 Å². The highest BCUT2D eigenvalue weighted by molar-refractivity contribution is 5.40. The van der Waals surface area contributed by atoms with E-state index in [4.69, 9.17) is 4.74 Å². The van der Waals surface area contributed by atoms with Crippen LogP contribution in [0.5, 0.6) is 5.75 Å². The summed E-state index contributed by atoms with van der Waals surface area (Å²) < 4.78 is 5.73. The summed E-state index contributed by atoms with van der Waals surface area (Å²) in [4.78, 5) is 8.78. The van der Waals surface area contributed by atoms with Gasteiger partial charge in [0.2, 0.25) is 5.82 Å². The largest absolute Gasteiger partial charge is 0.494 e. The summed E-state index contributed by atoms with van der Waals surface area (Å²) in [7, 11) is 0. The summed E-state index contributed by atoms with van der Waals surface area (Å²) in [5.74, 6) is 7.65. The van der Waals surface area contributed by atoms with Crippen LogP contribution in [0.3, 0.4) is 0 Å². The number of hydrogen-bond acceptors (Lipinski definition) is 3. The van der Waals surface area contributed by atoms with Crippen molar-refractivity contribution >= 4 is 0 Å². The monoisotopic (exact) mass is 378 g/mol. The Labute approximate surface area is 171 Å². The average Bonchev–Trinajstić information content (AvgIpc) is 2.74. The van der Waals surface area contributed by atoms with E-state index >= 15 is 0 Å². The molecule has 0 atom stereocenters. The van der Waals surface area contributed by atoms with Gasteiger partial charge in [-0.1, -0.05) is 64.7 Å². The highest BCUT2D eigenvalue weighted by Crippen LogP contribution is 2.12. The predicted octanol–water partition coefficient (Wildman–Crippen LogP) is 6.35. The second-order valence-electron chi connectivity index (χ2n) is 7.26. The summed E-state index contributed by atoms with van der Waals surface area (Å²) in [6.07, 6.45) is 16.2. The molecule has 3 nitrogen and oxygen atoms in total. The standard InChI is InChI=1S/C25H34N2O/c1-3-5-7-8-9-10-12-23-20-26-25(27-21-23)18-15-22-13-16-24(17-14-22)28-19-11-6-4-2/h13-14,16-17,20-21H,3-12,19H2,1-2H3. The Morgan fingerprint density at radius 1 is 0.750 bits per heavy atom. The van der Waals surface area contributed by atoms with E-state index in [9.17, 15) is 0 Å². The Balaban J connectivity index is 1.75. The fourth-order valence-corrected chi connectivity index (χ4v) is 2.96. The van der Waals surface area contributed by atoms with Gasteiger partial charge in [-0.2, -0.15) is 0 Å². The lowest BCUT2D eigenvalue weighted by Crippen LogP contribution is -1.96. The van der Waals surface area contributed by atoms with Gasteiger partial charge in [-0.05, 0) is 55.0 Å². The normalized spacial score (nSPS) is 10.4. The minimum Gasteiger partial charge on any atom is -0.494 e. The Morgan fingerprint density at radius 2 is 1.39 bits per heavy atom. The molecular weight excluding hydrogens is 344 g/mol. The highest BCUT2D eigenvalue weighted by atomic mass is 16.5. The zero-order chi connectivity index (χ0) is 19.9. The molecule has 0 saturated heterocycles. The van der Waals surface area contributed by atoms with Gasteiger partial charge in [0.15, 0.2) is 0 Å². The summed E-state index contributed by atoms with van der Waals surface area (Å²) in [6.45, 7) is 5.22. The van der Waals surface area contributed by atoms with Crippen LogP contribution in [0.15, 0.2) is 36.7 Å². The van der Waals surface area contributed by atoms with Gasteiger partial charge in [-0.15, -0.1) is 0 Å². The van der Waals surface area contributed by atoms with E-state index in [1.165, 1.54) is 56.9 Å². The lowest BCUT2D eigenvalue weighted by Gasteiger charge is -2.05. The van der Waals surface area contributed by atoms with E-state index in [1.54, 1.807) is 0 Å². The Morgan fingerprint density at radius 3 is 2.11 bits per heavy atom. The first-order valence-electron chi connectivity index (χ1n) is 10.9. The van der Waals surface area contributed by atoms with Gasteiger partial charge in [0.05, 0.1) is 6.61 Å². The second kappa shape index (κ2) is 13.8. The van der Waals surface area contributed by atoms with Crippen molar-refractivity contribution in [1.29, 1.82) is 0 Å². The third-order valence-corrected chi connectivity index (χ3v) is 4.71. The first-order valence-corrected chi connectivity index (χ1v) is 10.9. The molecule has 0 amide bonds. The van der Waals surface area contributed by atoms with Crippen LogP contribution in [0.1, 0.15) is 88.6 Å². The van der Waals surface area contributed by atoms with Crippen molar-refractivity contribution in [2.75, 3.05) is 6.61 Å². The van der Waals surface area contributed by atoms with E-state index in [1.807, 2.05) is 36.7 Å². The summed E-state index contributed by atoms with van der Waals surface area (Å²) in [6, 6.07) is 7.91. The van der Waals surface area contributed by atoms with Crippen molar-refractivity contribution in [3.05, 3.63) is 53.6 Å². The van der Waals surface area contributed by atoms with Crippen LogP contribution in [-0.2, 0) is 6.42 Å². The third kappa shape index (κ3) is 9.04. The maximum atomic E-state index is 5.73. The summed E-state index contributed by atoms with van der Waals surface area (Å²) in [5, 5.41) is 0. The SMILES string of the molecule is CCCCCCCCc1cnc(C#Cc2ccc(OCCCCC)cc2)nc1. The van der Waals surface area contributed by atoms with Crippen molar-refractivity contribution in [2.45, 2.75) is 78.1 Å². The molecule has 0 unspecified atom stereocenters. The molecule has 0 radical (unpaired) electrons. The van der Waals surface area contributed by atoms with Gasteiger partial charge in [0.25, 0.3) is 0 Å². The van der Waals surface area contributed by atoms with Crippen molar-refractivity contribution < 1.29 is 4.74 Å². The van der Waals surface area contributed by atoms with Crippen molar-refractivity contribution in [1.82, 2.24) is 9.97 Å². The van der Waals surface area contributed by atoms with E-state index in [-0.39, 0.29) is 0 Å². The molecule has 0 fully saturated rings. The Kier molecular flexibility index (Phi) is 10.8. The lowest BCUT2D eigenvalue weighted by atomic mass is 10.1. The quantitative estimate of drug-likeness (QED) is 0.319. The van der Waals surface area contributed by atoms with E-state index in [0.717, 1.165) is 30.8 Å². The lowest BCUT2D eigenvalue weighted by molar-refractivity contribution is 0.306. The number of unbranched alkanes of at least 4 members (excludes halogenated alkanes) is 7. The van der Waals surface area contributed by atoms with Crippen molar-refractivity contribution in [3.8, 4) is 17.6 Å². The zero-order valence-corrected chi connectivity index (χ0v) is 17.5. The average molecular weight is 379 g/mol. The molecule has 1 heterocycles. The van der Waals surface area contributed by atoms with Gasteiger partial charge < -0.3 is 4.74 Å². The maximum Gasteiger partial charge on any atom is 0.205 e. The first kappa shape index (κ1) is 22.0. The van der Waals surface area contributed by atoms with Crippen molar-refractivity contribution in [3.63, 3.8) is 0 Å². The number of nitrogens with zero attached hydrogens (tertiary/aromatic N) is 2. The molecule has 28 heavy (non-hydrogen) atoms. The van der Waals surface area contributed by atoms with Crippen LogP contribution in [0.4, 0.5) is 0 Å². The molecule has 1 aromatic heterocycles. The van der Waals surface area contributed by atoms with Gasteiger partial charge >= 0.3 is 0 Å². The van der Waals surface area contributed by atoms with E-state index < -0.39 is 0 Å². The van der Waals surface area contributed by atoms with Crippen molar-refractivity contribution in [2.24, 2.45) is 0 Å². The molecule has 3 heteroatoms. The molecule has 0 bridgehead atoms.